The third kappa shape index (κ3) is 7.24. The zero-order chi connectivity index (χ0) is 26.0. The molecule has 4 aromatic rings. The normalized spacial score (nSPS) is 11.5. The van der Waals surface area contributed by atoms with Crippen LogP contribution in [0.3, 0.4) is 0 Å². The van der Waals surface area contributed by atoms with Gasteiger partial charge in [0.25, 0.3) is 5.91 Å². The maximum Gasteiger partial charge on any atom is 0.251 e. The molecule has 0 aliphatic carbocycles. The van der Waals surface area contributed by atoms with Crippen LogP contribution in [0.15, 0.2) is 78.9 Å². The van der Waals surface area contributed by atoms with E-state index in [2.05, 4.69) is 27.8 Å². The Kier molecular flexibility index (Phi) is 8.99. The van der Waals surface area contributed by atoms with E-state index in [1.165, 1.54) is 16.9 Å². The summed E-state index contributed by atoms with van der Waals surface area (Å²) in [5.74, 6) is 0.0555. The third-order valence-electron chi connectivity index (χ3n) is 5.91. The molecule has 190 valence electrons. The van der Waals surface area contributed by atoms with Gasteiger partial charge in [-0.2, -0.15) is 0 Å². The molecule has 1 aromatic heterocycles. The molecule has 0 radical (unpaired) electrons. The lowest BCUT2D eigenvalue weighted by molar-refractivity contribution is -0.118. The molecule has 1 heterocycles. The van der Waals surface area contributed by atoms with Crippen LogP contribution in [-0.4, -0.2) is 35.2 Å². The van der Waals surface area contributed by atoms with Crippen molar-refractivity contribution in [1.29, 1.82) is 0 Å². The molecule has 0 aliphatic heterocycles. The highest BCUT2D eigenvalue weighted by molar-refractivity contribution is 7.18. The molecule has 3 aromatic carbocycles. The maximum atomic E-state index is 13.3. The zero-order valence-corrected chi connectivity index (χ0v) is 21.8. The van der Waals surface area contributed by atoms with Crippen molar-refractivity contribution in [2.24, 2.45) is 0 Å². The Morgan fingerprint density at radius 3 is 2.46 bits per heavy atom. The maximum absolute atomic E-state index is 13.3. The lowest BCUT2D eigenvalue weighted by Crippen LogP contribution is -2.45. The highest BCUT2D eigenvalue weighted by Crippen LogP contribution is 2.28. The smallest absolute Gasteiger partial charge is 0.251 e. The number of hydrogen-bond acceptors (Lipinski definition) is 6. The van der Waals surface area contributed by atoms with Gasteiger partial charge in [-0.1, -0.05) is 79.3 Å². The molecule has 0 saturated heterocycles. The molecule has 8 heteroatoms. The first kappa shape index (κ1) is 26.0. The Morgan fingerprint density at radius 2 is 1.73 bits per heavy atom. The summed E-state index contributed by atoms with van der Waals surface area (Å²) in [6, 6.07) is 23.8. The number of aromatic nitrogens is 2. The number of benzene rings is 3. The standard InChI is InChI=1S/C29H30N4O3S/c1-3-4-9-20-14-16-22(17-15-20)26(34)30-25(18-21-10-6-5-7-11-21)27(35)31-29-33-32-28(37-29)23-12-8-13-24(19-23)36-2/h5-8,10-17,19,25H,3-4,9,18H2,1-2H3,(H,30,34)(H,31,33,35)/t25-/m1/s1. The van der Waals surface area contributed by atoms with Crippen molar-refractivity contribution in [2.45, 2.75) is 38.6 Å². The second-order valence-electron chi connectivity index (χ2n) is 8.65. The molecule has 4 rings (SSSR count). The molecule has 0 unspecified atom stereocenters. The number of carbonyl (C=O) groups is 2. The van der Waals surface area contributed by atoms with E-state index in [1.807, 2.05) is 78.9 Å². The number of ether oxygens (including phenoxy) is 1. The average molecular weight is 515 g/mol. The second kappa shape index (κ2) is 12.8. The van der Waals surface area contributed by atoms with E-state index in [1.54, 1.807) is 7.11 Å². The Morgan fingerprint density at radius 1 is 0.946 bits per heavy atom. The summed E-state index contributed by atoms with van der Waals surface area (Å²) in [6.45, 7) is 2.15. The number of methoxy groups -OCH3 is 1. The molecule has 0 spiro atoms. The largest absolute Gasteiger partial charge is 0.497 e. The van der Waals surface area contributed by atoms with E-state index in [0.29, 0.717) is 27.9 Å². The van der Waals surface area contributed by atoms with Gasteiger partial charge in [0.1, 0.15) is 16.8 Å². The fourth-order valence-electron chi connectivity index (χ4n) is 3.84. The quantitative estimate of drug-likeness (QED) is 0.274. The van der Waals surface area contributed by atoms with Crippen LogP contribution < -0.4 is 15.4 Å². The average Bonchev–Trinajstić information content (AvgIpc) is 3.41. The lowest BCUT2D eigenvalue weighted by Gasteiger charge is -2.18. The van der Waals surface area contributed by atoms with Gasteiger partial charge in [-0.05, 0) is 48.2 Å². The van der Waals surface area contributed by atoms with E-state index in [0.717, 1.165) is 30.4 Å². The summed E-state index contributed by atoms with van der Waals surface area (Å²) < 4.78 is 5.28. The van der Waals surface area contributed by atoms with Crippen molar-refractivity contribution < 1.29 is 14.3 Å². The predicted octanol–water partition coefficient (Wildman–Crippen LogP) is 5.54. The number of aryl methyl sites for hydroxylation is 1. The Balaban J connectivity index is 1.48. The van der Waals surface area contributed by atoms with Crippen molar-refractivity contribution in [3.05, 3.63) is 95.6 Å². The van der Waals surface area contributed by atoms with Crippen LogP contribution in [0.2, 0.25) is 0 Å². The van der Waals surface area contributed by atoms with Gasteiger partial charge in [-0.25, -0.2) is 0 Å². The number of hydrogen-bond donors (Lipinski definition) is 2. The monoisotopic (exact) mass is 514 g/mol. The molecule has 2 amide bonds. The molecule has 0 saturated carbocycles. The summed E-state index contributed by atoms with van der Waals surface area (Å²) >= 11 is 1.26. The fourth-order valence-corrected chi connectivity index (χ4v) is 4.59. The highest BCUT2D eigenvalue weighted by atomic mass is 32.1. The number of unbranched alkanes of at least 4 members (excludes halogenated alkanes) is 1. The molecule has 1 atom stereocenters. The zero-order valence-electron chi connectivity index (χ0n) is 20.9. The fraction of sp³-hybridized carbons (Fsp3) is 0.241. The number of rotatable bonds is 11. The number of anilines is 1. The van der Waals surface area contributed by atoms with Gasteiger partial charge in [0.05, 0.1) is 7.11 Å². The third-order valence-corrected chi connectivity index (χ3v) is 6.80. The van der Waals surface area contributed by atoms with Crippen LogP contribution >= 0.6 is 11.3 Å². The predicted molar refractivity (Wildman–Crippen MR) is 147 cm³/mol. The molecule has 37 heavy (non-hydrogen) atoms. The number of amides is 2. The van der Waals surface area contributed by atoms with Crippen molar-refractivity contribution in [3.8, 4) is 16.3 Å². The molecular weight excluding hydrogens is 484 g/mol. The summed E-state index contributed by atoms with van der Waals surface area (Å²) in [4.78, 5) is 26.3. The van der Waals surface area contributed by atoms with Gasteiger partial charge in [0.15, 0.2) is 0 Å². The van der Waals surface area contributed by atoms with E-state index < -0.39 is 6.04 Å². The van der Waals surface area contributed by atoms with Crippen LogP contribution in [0.25, 0.3) is 10.6 Å². The van der Waals surface area contributed by atoms with Crippen molar-refractivity contribution in [3.63, 3.8) is 0 Å². The highest BCUT2D eigenvalue weighted by Gasteiger charge is 2.23. The summed E-state index contributed by atoms with van der Waals surface area (Å²) in [7, 11) is 1.60. The van der Waals surface area contributed by atoms with Crippen LogP contribution in [0.5, 0.6) is 5.75 Å². The van der Waals surface area contributed by atoms with Crippen molar-refractivity contribution in [2.75, 3.05) is 12.4 Å². The first-order valence-corrected chi connectivity index (χ1v) is 13.1. The summed E-state index contributed by atoms with van der Waals surface area (Å²) in [5.41, 5.74) is 3.49. The van der Waals surface area contributed by atoms with Gasteiger partial charge < -0.3 is 10.1 Å². The molecule has 0 bridgehead atoms. The van der Waals surface area contributed by atoms with E-state index in [9.17, 15) is 9.59 Å². The molecule has 0 fully saturated rings. The van der Waals surface area contributed by atoms with E-state index in [4.69, 9.17) is 4.74 Å². The molecular formula is C29H30N4O3S. The van der Waals surface area contributed by atoms with Crippen LogP contribution in [-0.2, 0) is 17.6 Å². The van der Waals surface area contributed by atoms with Gasteiger partial charge in [0.2, 0.25) is 11.0 Å². The SMILES string of the molecule is CCCCc1ccc(C(=O)N[C@H](Cc2ccccc2)C(=O)Nc2nnc(-c3cccc(OC)c3)s2)cc1. The minimum absolute atomic E-state index is 0.299. The number of nitrogens with one attached hydrogen (secondary N) is 2. The second-order valence-corrected chi connectivity index (χ2v) is 9.63. The van der Waals surface area contributed by atoms with Crippen molar-refractivity contribution in [1.82, 2.24) is 15.5 Å². The first-order chi connectivity index (χ1) is 18.1. The van der Waals surface area contributed by atoms with Crippen molar-refractivity contribution >= 4 is 28.3 Å². The lowest BCUT2D eigenvalue weighted by atomic mass is 10.0. The summed E-state index contributed by atoms with van der Waals surface area (Å²) in [6.07, 6.45) is 3.55. The van der Waals surface area contributed by atoms with Gasteiger partial charge in [-0.3, -0.25) is 14.9 Å². The Labute approximate surface area is 220 Å². The Bertz CT molecular complexity index is 1320. The Hall–Kier alpha value is -4.04. The van der Waals surface area contributed by atoms with Gasteiger partial charge in [-0.15, -0.1) is 10.2 Å². The molecule has 0 aliphatic rings. The van der Waals surface area contributed by atoms with Gasteiger partial charge >= 0.3 is 0 Å². The van der Waals surface area contributed by atoms with Crippen LogP contribution in [0, 0.1) is 0 Å². The van der Waals surface area contributed by atoms with E-state index >= 15 is 0 Å². The minimum Gasteiger partial charge on any atom is -0.497 e. The van der Waals surface area contributed by atoms with Gasteiger partial charge in [0, 0.05) is 17.5 Å². The van der Waals surface area contributed by atoms with Crippen LogP contribution in [0.1, 0.15) is 41.3 Å². The molecule has 2 N–H and O–H groups in total. The topological polar surface area (TPSA) is 93.2 Å². The number of carbonyl (C=O) groups excluding carboxylic acids is 2. The van der Waals surface area contributed by atoms with E-state index in [-0.39, 0.29) is 11.8 Å². The molecule has 7 nitrogen and oxygen atoms in total. The minimum atomic E-state index is -0.793. The first-order valence-electron chi connectivity index (χ1n) is 12.3. The van der Waals surface area contributed by atoms with Crippen LogP contribution in [0.4, 0.5) is 5.13 Å². The number of nitrogens with zero attached hydrogens (tertiary/aromatic N) is 2. The summed E-state index contributed by atoms with van der Waals surface area (Å²) in [5, 5.41) is 15.1.